The van der Waals surface area contributed by atoms with Gasteiger partial charge in [-0.1, -0.05) is 25.5 Å². The number of benzene rings is 1. The van der Waals surface area contributed by atoms with E-state index in [0.717, 1.165) is 12.0 Å². The van der Waals surface area contributed by atoms with Gasteiger partial charge in [-0.25, -0.2) is 0 Å². The molecule has 0 aliphatic carbocycles. The minimum absolute atomic E-state index is 0.125. The van der Waals surface area contributed by atoms with Crippen LogP contribution in [-0.2, 0) is 4.79 Å². The van der Waals surface area contributed by atoms with Crippen LogP contribution in [0.4, 0.5) is 0 Å². The normalized spacial score (nSPS) is 15.1. The number of hydrogen-bond acceptors (Lipinski definition) is 3. The molecular formula is C15H21N3O. The van der Waals surface area contributed by atoms with E-state index in [1.807, 2.05) is 26.0 Å². The van der Waals surface area contributed by atoms with Gasteiger partial charge in [-0.2, -0.15) is 5.26 Å². The summed E-state index contributed by atoms with van der Waals surface area (Å²) in [4.78, 5) is 12.1. The maximum atomic E-state index is 12.1. The Hall–Kier alpha value is -1.86. The van der Waals surface area contributed by atoms with E-state index in [-0.39, 0.29) is 11.9 Å². The molecular weight excluding hydrogens is 238 g/mol. The molecule has 0 radical (unpaired) electrons. The quantitative estimate of drug-likeness (QED) is 0.851. The molecule has 0 bridgehead atoms. The van der Waals surface area contributed by atoms with E-state index in [0.29, 0.717) is 12.0 Å². The molecule has 2 unspecified atom stereocenters. The van der Waals surface area contributed by atoms with Crippen molar-refractivity contribution in [3.05, 3.63) is 35.4 Å². The van der Waals surface area contributed by atoms with E-state index in [9.17, 15) is 4.79 Å². The van der Waals surface area contributed by atoms with Crippen molar-refractivity contribution >= 4 is 5.91 Å². The topological polar surface area (TPSA) is 78.9 Å². The molecule has 4 heteroatoms. The van der Waals surface area contributed by atoms with Gasteiger partial charge >= 0.3 is 0 Å². The molecule has 0 aromatic heterocycles. The zero-order chi connectivity index (χ0) is 14.5. The lowest BCUT2D eigenvalue weighted by Gasteiger charge is -2.25. The minimum atomic E-state index is -0.838. The van der Waals surface area contributed by atoms with Crippen LogP contribution in [0.2, 0.25) is 0 Å². The van der Waals surface area contributed by atoms with Gasteiger partial charge in [0.15, 0.2) is 0 Å². The van der Waals surface area contributed by atoms with E-state index in [2.05, 4.69) is 11.4 Å². The minimum Gasteiger partial charge on any atom is -0.348 e. The summed E-state index contributed by atoms with van der Waals surface area (Å²) in [6.45, 7) is 5.65. The second kappa shape index (κ2) is 6.35. The van der Waals surface area contributed by atoms with Gasteiger partial charge in [-0.15, -0.1) is 0 Å². The van der Waals surface area contributed by atoms with Crippen LogP contribution in [0, 0.1) is 11.3 Å². The van der Waals surface area contributed by atoms with Crippen molar-refractivity contribution in [3.63, 3.8) is 0 Å². The Kier molecular flexibility index (Phi) is 5.08. The third-order valence-corrected chi connectivity index (χ3v) is 3.18. The van der Waals surface area contributed by atoms with Gasteiger partial charge in [0.2, 0.25) is 5.91 Å². The highest BCUT2D eigenvalue weighted by Crippen LogP contribution is 2.16. The van der Waals surface area contributed by atoms with E-state index in [1.54, 1.807) is 19.1 Å². The Morgan fingerprint density at radius 1 is 1.47 bits per heavy atom. The van der Waals surface area contributed by atoms with Gasteiger partial charge in [0.25, 0.3) is 0 Å². The van der Waals surface area contributed by atoms with E-state index in [4.69, 9.17) is 11.0 Å². The summed E-state index contributed by atoms with van der Waals surface area (Å²) in [7, 11) is 0. The molecule has 102 valence electrons. The number of rotatable bonds is 5. The van der Waals surface area contributed by atoms with E-state index >= 15 is 0 Å². The second-order valence-corrected chi connectivity index (χ2v) is 5.10. The van der Waals surface area contributed by atoms with E-state index in [1.165, 1.54) is 0 Å². The fraction of sp³-hybridized carbons (Fsp3) is 0.467. The molecule has 1 rings (SSSR count). The summed E-state index contributed by atoms with van der Waals surface area (Å²) in [6.07, 6.45) is 1.52. The van der Waals surface area contributed by atoms with Crippen LogP contribution in [0.5, 0.6) is 0 Å². The summed E-state index contributed by atoms with van der Waals surface area (Å²) >= 11 is 0. The Morgan fingerprint density at radius 3 is 2.53 bits per heavy atom. The van der Waals surface area contributed by atoms with Crippen molar-refractivity contribution in [1.29, 1.82) is 5.26 Å². The number of hydrogen-bond donors (Lipinski definition) is 2. The number of carbonyl (C=O) groups is 1. The molecule has 0 aliphatic rings. The van der Waals surface area contributed by atoms with E-state index < -0.39 is 5.54 Å². The lowest BCUT2D eigenvalue weighted by atomic mass is 9.95. The molecule has 3 N–H and O–H groups in total. The number of amides is 1. The molecule has 0 spiro atoms. The van der Waals surface area contributed by atoms with Crippen molar-refractivity contribution in [1.82, 2.24) is 5.32 Å². The first kappa shape index (κ1) is 15.2. The monoisotopic (exact) mass is 259 g/mol. The van der Waals surface area contributed by atoms with Crippen LogP contribution in [0.25, 0.3) is 0 Å². The standard InChI is InChI=1S/C15H21N3O/c1-4-9-15(3,17)14(19)18-11(2)13-7-5-12(10-16)6-8-13/h5-8,11H,4,9,17H2,1-3H3,(H,18,19). The highest BCUT2D eigenvalue weighted by atomic mass is 16.2. The number of nitrogens with two attached hydrogens (primary N) is 1. The van der Waals surface area contributed by atoms with Crippen LogP contribution >= 0.6 is 0 Å². The zero-order valence-electron chi connectivity index (χ0n) is 11.7. The van der Waals surface area contributed by atoms with Crippen molar-refractivity contribution in [2.24, 2.45) is 5.73 Å². The molecule has 1 aromatic carbocycles. The van der Waals surface area contributed by atoms with Crippen molar-refractivity contribution < 1.29 is 4.79 Å². The van der Waals surface area contributed by atoms with Gasteiger partial charge in [-0.05, 0) is 38.0 Å². The fourth-order valence-electron chi connectivity index (χ4n) is 1.92. The molecule has 0 saturated carbocycles. The number of nitriles is 1. The molecule has 0 aliphatic heterocycles. The third kappa shape index (κ3) is 4.08. The first-order valence-electron chi connectivity index (χ1n) is 6.50. The lowest BCUT2D eigenvalue weighted by Crippen LogP contribution is -2.52. The lowest BCUT2D eigenvalue weighted by molar-refractivity contribution is -0.126. The highest BCUT2D eigenvalue weighted by molar-refractivity contribution is 5.85. The smallest absolute Gasteiger partial charge is 0.240 e. The van der Waals surface area contributed by atoms with Crippen LogP contribution in [0.3, 0.4) is 0 Å². The molecule has 0 saturated heterocycles. The summed E-state index contributed by atoms with van der Waals surface area (Å²) < 4.78 is 0. The molecule has 4 nitrogen and oxygen atoms in total. The number of carbonyl (C=O) groups excluding carboxylic acids is 1. The molecule has 1 aromatic rings. The maximum absolute atomic E-state index is 12.1. The molecule has 0 fully saturated rings. The Bertz CT molecular complexity index is 471. The Balaban J connectivity index is 2.71. The van der Waals surface area contributed by atoms with Crippen LogP contribution in [0.1, 0.15) is 50.8 Å². The van der Waals surface area contributed by atoms with Gasteiger partial charge in [0.1, 0.15) is 0 Å². The van der Waals surface area contributed by atoms with Crippen molar-refractivity contribution in [2.45, 2.75) is 45.2 Å². The number of nitrogens with one attached hydrogen (secondary N) is 1. The Morgan fingerprint density at radius 2 is 2.05 bits per heavy atom. The maximum Gasteiger partial charge on any atom is 0.240 e. The van der Waals surface area contributed by atoms with Gasteiger partial charge in [-0.3, -0.25) is 4.79 Å². The SMILES string of the molecule is CCCC(C)(N)C(=O)NC(C)c1ccc(C#N)cc1. The predicted molar refractivity (Wildman–Crippen MR) is 75.2 cm³/mol. The Labute approximate surface area is 114 Å². The first-order chi connectivity index (χ1) is 8.90. The van der Waals surface area contributed by atoms with Gasteiger partial charge < -0.3 is 11.1 Å². The highest BCUT2D eigenvalue weighted by Gasteiger charge is 2.28. The zero-order valence-corrected chi connectivity index (χ0v) is 11.7. The summed E-state index contributed by atoms with van der Waals surface area (Å²) in [5, 5.41) is 11.7. The molecule has 0 heterocycles. The predicted octanol–water partition coefficient (Wildman–Crippen LogP) is 2.25. The summed E-state index contributed by atoms with van der Waals surface area (Å²) in [5.74, 6) is -0.147. The van der Waals surface area contributed by atoms with Gasteiger partial charge in [0.05, 0.1) is 23.2 Å². The largest absolute Gasteiger partial charge is 0.348 e. The molecule has 1 amide bonds. The summed E-state index contributed by atoms with van der Waals surface area (Å²) in [5.41, 5.74) is 6.72. The van der Waals surface area contributed by atoms with Crippen LogP contribution in [-0.4, -0.2) is 11.4 Å². The van der Waals surface area contributed by atoms with Crippen molar-refractivity contribution in [2.75, 3.05) is 0 Å². The fourth-order valence-corrected chi connectivity index (χ4v) is 1.92. The van der Waals surface area contributed by atoms with Crippen LogP contribution < -0.4 is 11.1 Å². The molecule has 19 heavy (non-hydrogen) atoms. The second-order valence-electron chi connectivity index (χ2n) is 5.10. The average molecular weight is 259 g/mol. The van der Waals surface area contributed by atoms with Crippen LogP contribution in [0.15, 0.2) is 24.3 Å². The third-order valence-electron chi connectivity index (χ3n) is 3.18. The van der Waals surface area contributed by atoms with Gasteiger partial charge in [0, 0.05) is 0 Å². The average Bonchev–Trinajstić information content (AvgIpc) is 2.38. The first-order valence-corrected chi connectivity index (χ1v) is 6.50. The summed E-state index contributed by atoms with van der Waals surface area (Å²) in [6, 6.07) is 9.11. The van der Waals surface area contributed by atoms with Crippen molar-refractivity contribution in [3.8, 4) is 6.07 Å². The number of nitrogens with zero attached hydrogens (tertiary/aromatic N) is 1. The molecule has 2 atom stereocenters.